The molecule has 3 atom stereocenters. The second-order valence-electron chi connectivity index (χ2n) is 12.5. The van der Waals surface area contributed by atoms with Gasteiger partial charge in [-0.2, -0.15) is 13.2 Å². The molecule has 3 unspecified atom stereocenters. The molecular formula is C38H44ClF4NO. The Labute approximate surface area is 270 Å². The Morgan fingerprint density at radius 3 is 2.36 bits per heavy atom. The van der Waals surface area contributed by atoms with E-state index >= 15 is 4.39 Å². The quantitative estimate of drug-likeness (QED) is 0.145. The molecule has 4 rings (SSSR count). The number of ether oxygens (including phenoxy) is 1. The predicted octanol–water partition coefficient (Wildman–Crippen LogP) is 11.7. The molecule has 1 aromatic heterocycles. The van der Waals surface area contributed by atoms with E-state index in [0.29, 0.717) is 47.7 Å². The third-order valence-corrected chi connectivity index (χ3v) is 9.52. The average Bonchev–Trinajstić information content (AvgIpc) is 2.98. The van der Waals surface area contributed by atoms with Crippen molar-refractivity contribution in [2.45, 2.75) is 97.6 Å². The minimum atomic E-state index is -4.44. The molecular weight excluding hydrogens is 598 g/mol. The number of pyridine rings is 1. The number of fused-ring (bicyclic) bond motifs is 1. The van der Waals surface area contributed by atoms with Gasteiger partial charge in [-0.15, -0.1) is 0 Å². The van der Waals surface area contributed by atoms with Crippen LogP contribution in [0.1, 0.15) is 116 Å². The van der Waals surface area contributed by atoms with E-state index in [2.05, 4.69) is 25.4 Å². The zero-order valence-electron chi connectivity index (χ0n) is 27.2. The van der Waals surface area contributed by atoms with Crippen LogP contribution in [0.2, 0.25) is 5.02 Å². The summed E-state index contributed by atoms with van der Waals surface area (Å²) in [5, 5.41) is 0.595. The van der Waals surface area contributed by atoms with E-state index in [-0.39, 0.29) is 29.1 Å². The molecule has 2 nitrogen and oxygen atoms in total. The number of alkyl halides is 3. The maximum atomic E-state index is 16.2. The first-order chi connectivity index (χ1) is 21.3. The molecule has 3 aromatic rings. The topological polar surface area (TPSA) is 22.1 Å². The van der Waals surface area contributed by atoms with Crippen molar-refractivity contribution >= 4 is 17.2 Å². The van der Waals surface area contributed by atoms with Crippen molar-refractivity contribution < 1.29 is 22.3 Å². The number of hydrogen-bond donors (Lipinski definition) is 0. The molecule has 0 fully saturated rings. The fourth-order valence-electron chi connectivity index (χ4n) is 6.76. The average molecular weight is 642 g/mol. The highest BCUT2D eigenvalue weighted by molar-refractivity contribution is 6.30. The Bertz CT molecular complexity index is 1570. The standard InChI is InChI=1S/C38H44ClF4NO/c1-8-18-45-19-16-22(2)30-13-14-31(36(40)26(30)6)25(5)35-24(4)20-28-10-11-29(39)21-33(28)32(35)12-9-23(3)37-27(7)34(15-17-44-37)38(41,42)43/h10-11,13-15,17,21-23,25H,4,8-9,12,16,18-20H2,1-3,5-7H3. The molecule has 0 saturated carbocycles. The van der Waals surface area contributed by atoms with Gasteiger partial charge in [-0.25, -0.2) is 4.39 Å². The first-order valence-electron chi connectivity index (χ1n) is 15.8. The van der Waals surface area contributed by atoms with Gasteiger partial charge in [0.2, 0.25) is 0 Å². The third kappa shape index (κ3) is 7.72. The first kappa shape index (κ1) is 34.9. The fraction of sp³-hybridized carbons (Fsp3) is 0.447. The van der Waals surface area contributed by atoms with Gasteiger partial charge in [0.15, 0.2) is 0 Å². The van der Waals surface area contributed by atoms with Crippen molar-refractivity contribution in [1.29, 1.82) is 0 Å². The minimum absolute atomic E-state index is 0.153. The number of rotatable bonds is 12. The van der Waals surface area contributed by atoms with Crippen LogP contribution in [0.3, 0.4) is 0 Å². The highest BCUT2D eigenvalue weighted by atomic mass is 35.5. The monoisotopic (exact) mass is 641 g/mol. The molecule has 45 heavy (non-hydrogen) atoms. The van der Waals surface area contributed by atoms with Crippen LogP contribution in [-0.2, 0) is 17.3 Å². The van der Waals surface area contributed by atoms with E-state index in [1.165, 1.54) is 13.1 Å². The van der Waals surface area contributed by atoms with Gasteiger partial charge in [-0.1, -0.05) is 64.1 Å². The van der Waals surface area contributed by atoms with Gasteiger partial charge in [-0.3, -0.25) is 4.98 Å². The predicted molar refractivity (Wildman–Crippen MR) is 177 cm³/mol. The fourth-order valence-corrected chi connectivity index (χ4v) is 6.94. The smallest absolute Gasteiger partial charge is 0.381 e. The molecule has 2 aromatic carbocycles. The SMILES string of the molecule is C=C1Cc2ccc(Cl)cc2C(CCC(C)c2nccc(C(F)(F)F)c2C)=C1C(C)c1ccc(C(C)CCOCCC)c(C)c1F. The van der Waals surface area contributed by atoms with Crippen LogP contribution in [0.5, 0.6) is 0 Å². The van der Waals surface area contributed by atoms with Crippen LogP contribution in [0.25, 0.3) is 5.57 Å². The van der Waals surface area contributed by atoms with E-state index in [1.807, 2.05) is 51.1 Å². The van der Waals surface area contributed by atoms with Gasteiger partial charge in [0.05, 0.1) is 5.56 Å². The number of halogens is 5. The van der Waals surface area contributed by atoms with Crippen molar-refractivity contribution in [2.24, 2.45) is 0 Å². The van der Waals surface area contributed by atoms with Gasteiger partial charge >= 0.3 is 6.18 Å². The first-order valence-corrected chi connectivity index (χ1v) is 16.2. The maximum absolute atomic E-state index is 16.2. The molecule has 1 heterocycles. The lowest BCUT2D eigenvalue weighted by molar-refractivity contribution is -0.138. The van der Waals surface area contributed by atoms with Gasteiger partial charge < -0.3 is 4.74 Å². The summed E-state index contributed by atoms with van der Waals surface area (Å²) in [6, 6.07) is 10.8. The molecule has 0 amide bonds. The molecule has 7 heteroatoms. The van der Waals surface area contributed by atoms with Crippen LogP contribution in [0.15, 0.2) is 60.3 Å². The highest BCUT2D eigenvalue weighted by Gasteiger charge is 2.34. The Morgan fingerprint density at radius 2 is 1.67 bits per heavy atom. The maximum Gasteiger partial charge on any atom is 0.416 e. The Balaban J connectivity index is 1.71. The largest absolute Gasteiger partial charge is 0.416 e. The number of benzene rings is 2. The summed E-state index contributed by atoms with van der Waals surface area (Å²) >= 11 is 6.48. The molecule has 0 spiro atoms. The van der Waals surface area contributed by atoms with Gasteiger partial charge in [0.25, 0.3) is 0 Å². The lowest BCUT2D eigenvalue weighted by Gasteiger charge is -2.31. The summed E-state index contributed by atoms with van der Waals surface area (Å²) in [5.41, 5.74) is 7.14. The molecule has 242 valence electrons. The third-order valence-electron chi connectivity index (χ3n) is 9.28. The summed E-state index contributed by atoms with van der Waals surface area (Å²) in [4.78, 5) is 4.35. The molecule has 0 bridgehead atoms. The van der Waals surface area contributed by atoms with E-state index in [9.17, 15) is 13.2 Å². The Morgan fingerprint density at radius 1 is 0.956 bits per heavy atom. The van der Waals surface area contributed by atoms with Gasteiger partial charge in [0.1, 0.15) is 5.82 Å². The van der Waals surface area contributed by atoms with E-state index in [1.54, 1.807) is 0 Å². The van der Waals surface area contributed by atoms with Crippen LogP contribution >= 0.6 is 11.6 Å². The molecule has 1 aliphatic carbocycles. The highest BCUT2D eigenvalue weighted by Crippen LogP contribution is 2.46. The second-order valence-corrected chi connectivity index (χ2v) is 12.9. The van der Waals surface area contributed by atoms with Crippen molar-refractivity contribution in [3.63, 3.8) is 0 Å². The van der Waals surface area contributed by atoms with Crippen LogP contribution < -0.4 is 0 Å². The van der Waals surface area contributed by atoms with E-state index in [4.69, 9.17) is 16.3 Å². The van der Waals surface area contributed by atoms with Crippen LogP contribution in [0.4, 0.5) is 17.6 Å². The van der Waals surface area contributed by atoms with E-state index < -0.39 is 11.7 Å². The molecule has 0 radical (unpaired) electrons. The van der Waals surface area contributed by atoms with Crippen LogP contribution in [0, 0.1) is 19.7 Å². The zero-order valence-corrected chi connectivity index (χ0v) is 27.9. The zero-order chi connectivity index (χ0) is 33.1. The molecule has 0 N–H and O–H groups in total. The van der Waals surface area contributed by atoms with Crippen molar-refractivity contribution in [3.05, 3.63) is 116 Å². The Kier molecular flexibility index (Phi) is 11.4. The summed E-state index contributed by atoms with van der Waals surface area (Å²) < 4.78 is 62.8. The van der Waals surface area contributed by atoms with Crippen molar-refractivity contribution in [1.82, 2.24) is 4.98 Å². The number of allylic oxidation sites excluding steroid dienone is 3. The number of aromatic nitrogens is 1. The van der Waals surface area contributed by atoms with Gasteiger partial charge in [0, 0.05) is 36.0 Å². The summed E-state index contributed by atoms with van der Waals surface area (Å²) in [7, 11) is 0. The lowest BCUT2D eigenvalue weighted by Crippen LogP contribution is -2.15. The van der Waals surface area contributed by atoms with Crippen LogP contribution in [-0.4, -0.2) is 18.2 Å². The Hall–Kier alpha value is -2.96. The number of nitrogens with zero attached hydrogens (tertiary/aromatic N) is 1. The normalized spacial score (nSPS) is 15.7. The number of hydrogen-bond acceptors (Lipinski definition) is 2. The summed E-state index contributed by atoms with van der Waals surface area (Å²) in [6.07, 6.45) is 0.303. The minimum Gasteiger partial charge on any atom is -0.381 e. The second kappa shape index (κ2) is 14.6. The van der Waals surface area contributed by atoms with E-state index in [0.717, 1.165) is 58.9 Å². The van der Waals surface area contributed by atoms with Crippen molar-refractivity contribution in [3.8, 4) is 0 Å². The molecule has 0 aliphatic heterocycles. The lowest BCUT2D eigenvalue weighted by atomic mass is 9.74. The van der Waals surface area contributed by atoms with Gasteiger partial charge in [-0.05, 0) is 126 Å². The van der Waals surface area contributed by atoms with Crippen molar-refractivity contribution in [2.75, 3.05) is 13.2 Å². The summed E-state index contributed by atoms with van der Waals surface area (Å²) in [6.45, 7) is 17.2. The summed E-state index contributed by atoms with van der Waals surface area (Å²) in [5.74, 6) is -0.590. The molecule has 1 aliphatic rings. The molecule has 0 saturated heterocycles.